The minimum atomic E-state index is -1.01. The molecule has 0 saturated heterocycles. The van der Waals surface area contributed by atoms with E-state index in [2.05, 4.69) is 0 Å². The van der Waals surface area contributed by atoms with Gasteiger partial charge in [0.15, 0.2) is 0 Å². The molecule has 18 heavy (non-hydrogen) atoms. The molecule has 1 fully saturated rings. The maximum absolute atomic E-state index is 11.5. The van der Waals surface area contributed by atoms with Crippen LogP contribution in [0.1, 0.15) is 44.6 Å². The summed E-state index contributed by atoms with van der Waals surface area (Å²) < 4.78 is 0. The maximum Gasteiger partial charge on any atom is 0.289 e. The Morgan fingerprint density at radius 2 is 1.83 bits per heavy atom. The summed E-state index contributed by atoms with van der Waals surface area (Å²) in [6, 6.07) is 9.36. The van der Waals surface area contributed by atoms with Gasteiger partial charge in [-0.2, -0.15) is 0 Å². The van der Waals surface area contributed by atoms with E-state index in [1.165, 1.54) is 31.0 Å². The van der Waals surface area contributed by atoms with Crippen LogP contribution in [-0.2, 0) is 4.87 Å². The van der Waals surface area contributed by atoms with Crippen molar-refractivity contribution in [2.75, 3.05) is 0 Å². The van der Waals surface area contributed by atoms with Crippen molar-refractivity contribution in [3.8, 4) is 0 Å². The first kappa shape index (κ1) is 13.4. The molecule has 4 heteroatoms. The molecule has 0 amide bonds. The van der Waals surface area contributed by atoms with Crippen molar-refractivity contribution in [2.24, 2.45) is 0 Å². The Morgan fingerprint density at radius 3 is 2.39 bits per heavy atom. The van der Waals surface area contributed by atoms with Gasteiger partial charge < -0.3 is 0 Å². The third-order valence-electron chi connectivity index (χ3n) is 3.61. The molecule has 1 saturated carbocycles. The Bertz CT molecular complexity index is 404. The molecular weight excluding hydrogens is 246 g/mol. The third kappa shape index (κ3) is 2.86. The fourth-order valence-electron chi connectivity index (χ4n) is 2.47. The maximum atomic E-state index is 11.5. The third-order valence-corrected chi connectivity index (χ3v) is 5.25. The first-order valence-electron chi connectivity index (χ1n) is 6.51. The number of nitrogens with zero attached hydrogens (tertiary/aromatic N) is 1. The summed E-state index contributed by atoms with van der Waals surface area (Å²) in [6.45, 7) is 1.74. The van der Waals surface area contributed by atoms with E-state index in [-0.39, 0.29) is 4.92 Å². The van der Waals surface area contributed by atoms with Crippen LogP contribution in [0, 0.1) is 10.1 Å². The van der Waals surface area contributed by atoms with Gasteiger partial charge in [-0.1, -0.05) is 61.4 Å². The summed E-state index contributed by atoms with van der Waals surface area (Å²) in [5, 5.41) is 11.9. The molecule has 0 N–H and O–H groups in total. The Hall–Kier alpha value is -1.03. The predicted molar refractivity (Wildman–Crippen MR) is 75.3 cm³/mol. The Labute approximate surface area is 112 Å². The van der Waals surface area contributed by atoms with Gasteiger partial charge >= 0.3 is 0 Å². The van der Waals surface area contributed by atoms with Gasteiger partial charge in [0.1, 0.15) is 0 Å². The monoisotopic (exact) mass is 265 g/mol. The van der Waals surface area contributed by atoms with Crippen molar-refractivity contribution in [1.82, 2.24) is 0 Å². The highest BCUT2D eigenvalue weighted by atomic mass is 32.2. The van der Waals surface area contributed by atoms with Crippen molar-refractivity contribution in [1.29, 1.82) is 0 Å². The van der Waals surface area contributed by atoms with Crippen LogP contribution in [0.25, 0.3) is 0 Å². The van der Waals surface area contributed by atoms with Crippen molar-refractivity contribution >= 4 is 11.8 Å². The molecule has 1 aliphatic carbocycles. The molecule has 1 aromatic rings. The zero-order valence-electron chi connectivity index (χ0n) is 10.7. The second-order valence-electron chi connectivity index (χ2n) is 4.98. The van der Waals surface area contributed by atoms with Gasteiger partial charge in [-0.15, -0.1) is 0 Å². The first-order valence-corrected chi connectivity index (χ1v) is 7.39. The molecule has 2 rings (SSSR count). The van der Waals surface area contributed by atoms with Crippen LogP contribution in [0.2, 0.25) is 0 Å². The Morgan fingerprint density at radius 1 is 1.22 bits per heavy atom. The van der Waals surface area contributed by atoms with E-state index in [4.69, 9.17) is 0 Å². The van der Waals surface area contributed by atoms with Gasteiger partial charge in [-0.05, 0) is 12.8 Å². The van der Waals surface area contributed by atoms with Crippen molar-refractivity contribution in [3.05, 3.63) is 46.0 Å². The number of benzene rings is 1. The average molecular weight is 265 g/mol. The summed E-state index contributed by atoms with van der Waals surface area (Å²) >= 11 is 1.53. The number of rotatable bonds is 4. The van der Waals surface area contributed by atoms with Crippen LogP contribution in [0.5, 0.6) is 0 Å². The second-order valence-corrected chi connectivity index (χ2v) is 6.68. The minimum absolute atomic E-state index is 0.137. The molecule has 0 aliphatic heterocycles. The zero-order chi connectivity index (χ0) is 13.0. The lowest BCUT2D eigenvalue weighted by atomic mass is 10.0. The minimum Gasteiger partial charge on any atom is -0.263 e. The van der Waals surface area contributed by atoms with Gasteiger partial charge in [0.05, 0.1) is 0 Å². The lowest BCUT2D eigenvalue weighted by molar-refractivity contribution is -0.541. The van der Waals surface area contributed by atoms with E-state index >= 15 is 0 Å². The van der Waals surface area contributed by atoms with Crippen LogP contribution in [0.4, 0.5) is 0 Å². The van der Waals surface area contributed by atoms with Crippen LogP contribution in [0.15, 0.2) is 30.3 Å². The summed E-state index contributed by atoms with van der Waals surface area (Å²) in [7, 11) is 0. The zero-order valence-corrected chi connectivity index (χ0v) is 11.5. The van der Waals surface area contributed by atoms with Gasteiger partial charge in [0.25, 0.3) is 4.87 Å². The predicted octanol–water partition coefficient (Wildman–Crippen LogP) is 4.20. The summed E-state index contributed by atoms with van der Waals surface area (Å²) in [4.78, 5) is 10.3. The average Bonchev–Trinajstić information content (AvgIpc) is 2.40. The quantitative estimate of drug-likeness (QED) is 0.465. The molecule has 0 bridgehead atoms. The van der Waals surface area contributed by atoms with Crippen LogP contribution >= 0.6 is 11.8 Å². The van der Waals surface area contributed by atoms with Crippen molar-refractivity contribution in [3.63, 3.8) is 0 Å². The van der Waals surface area contributed by atoms with E-state index in [1.807, 2.05) is 30.3 Å². The number of nitro groups is 1. The highest BCUT2D eigenvalue weighted by molar-refractivity contribution is 8.00. The van der Waals surface area contributed by atoms with E-state index in [1.54, 1.807) is 6.92 Å². The molecule has 1 aromatic carbocycles. The molecule has 1 atom stereocenters. The second kappa shape index (κ2) is 5.74. The molecule has 1 unspecified atom stereocenters. The van der Waals surface area contributed by atoms with Crippen LogP contribution in [-0.4, -0.2) is 10.2 Å². The van der Waals surface area contributed by atoms with Gasteiger partial charge in [0, 0.05) is 22.7 Å². The topological polar surface area (TPSA) is 43.1 Å². The summed E-state index contributed by atoms with van der Waals surface area (Å²) in [5.41, 5.74) is 0.797. The van der Waals surface area contributed by atoms with E-state index in [9.17, 15) is 10.1 Å². The molecule has 0 heterocycles. The molecule has 1 aliphatic rings. The van der Waals surface area contributed by atoms with Crippen molar-refractivity contribution in [2.45, 2.75) is 49.1 Å². The fourth-order valence-corrected chi connectivity index (χ4v) is 4.05. The SMILES string of the molecule is CC(SC1CCCCC1)(c1ccccc1)[N+](=O)[O-]. The van der Waals surface area contributed by atoms with E-state index < -0.39 is 4.87 Å². The van der Waals surface area contributed by atoms with Crippen LogP contribution in [0.3, 0.4) is 0 Å². The fraction of sp³-hybridized carbons (Fsp3) is 0.571. The standard InChI is InChI=1S/C14H19NO2S/c1-14(15(16)17,12-8-4-2-5-9-12)18-13-10-6-3-7-11-13/h2,4-5,8-9,13H,3,6-7,10-11H2,1H3. The largest absolute Gasteiger partial charge is 0.289 e. The summed E-state index contributed by atoms with van der Waals surface area (Å²) in [5.74, 6) is 0. The Kier molecular flexibility index (Phi) is 4.27. The lowest BCUT2D eigenvalue weighted by Gasteiger charge is -2.28. The smallest absolute Gasteiger partial charge is 0.263 e. The van der Waals surface area contributed by atoms with Crippen LogP contribution < -0.4 is 0 Å². The van der Waals surface area contributed by atoms with E-state index in [0.29, 0.717) is 5.25 Å². The molecule has 0 spiro atoms. The molecule has 0 radical (unpaired) electrons. The normalized spacial score (nSPS) is 20.3. The Balaban J connectivity index is 2.19. The molecular formula is C14H19NO2S. The number of thioether (sulfide) groups is 1. The molecule has 98 valence electrons. The highest BCUT2D eigenvalue weighted by Gasteiger charge is 2.42. The van der Waals surface area contributed by atoms with Crippen molar-refractivity contribution < 1.29 is 4.92 Å². The molecule has 3 nitrogen and oxygen atoms in total. The number of hydrogen-bond donors (Lipinski definition) is 0. The van der Waals surface area contributed by atoms with Gasteiger partial charge in [-0.3, -0.25) is 10.1 Å². The summed E-state index contributed by atoms with van der Waals surface area (Å²) in [6.07, 6.45) is 5.92. The highest BCUT2D eigenvalue weighted by Crippen LogP contribution is 2.43. The van der Waals surface area contributed by atoms with Gasteiger partial charge in [0.2, 0.25) is 0 Å². The first-order chi connectivity index (χ1) is 8.63. The number of hydrogen-bond acceptors (Lipinski definition) is 3. The molecule has 0 aromatic heterocycles. The van der Waals surface area contributed by atoms with E-state index in [0.717, 1.165) is 18.4 Å². The lowest BCUT2D eigenvalue weighted by Crippen LogP contribution is -2.31. The van der Waals surface area contributed by atoms with Gasteiger partial charge in [-0.25, -0.2) is 0 Å².